The molecule has 0 aliphatic carbocycles. The quantitative estimate of drug-likeness (QED) is 0.270. The van der Waals surface area contributed by atoms with E-state index in [0.717, 1.165) is 37.9 Å². The molecule has 0 saturated carbocycles. The van der Waals surface area contributed by atoms with E-state index in [1.807, 2.05) is 32.9 Å². The summed E-state index contributed by atoms with van der Waals surface area (Å²) < 4.78 is 11.1. The van der Waals surface area contributed by atoms with Crippen LogP contribution in [0.4, 0.5) is 0 Å². The zero-order valence-corrected chi connectivity index (χ0v) is 18.4. The minimum absolute atomic E-state index is 0.302. The Morgan fingerprint density at radius 1 is 0.793 bits per heavy atom. The summed E-state index contributed by atoms with van der Waals surface area (Å²) in [5.41, 5.74) is 0.0444. The number of carbonyl (C=O) groups excluding carboxylic acids is 1. The molecule has 0 bridgehead atoms. The normalized spacial score (nSPS) is 11.3. The molecule has 0 aliphatic rings. The second kappa shape index (κ2) is 14.0. The molecule has 0 spiro atoms. The average molecular weight is 407 g/mol. The van der Waals surface area contributed by atoms with Gasteiger partial charge in [-0.25, -0.2) is 4.79 Å². The minimum atomic E-state index is -0.688. The number of unbranched alkanes of at least 4 members (excludes halogenated alkanes) is 9. The van der Waals surface area contributed by atoms with Crippen molar-refractivity contribution in [1.82, 2.24) is 0 Å². The van der Waals surface area contributed by atoms with Gasteiger partial charge in [0, 0.05) is 6.42 Å². The van der Waals surface area contributed by atoms with Crippen molar-refractivity contribution in [3.05, 3.63) is 29.8 Å². The van der Waals surface area contributed by atoms with E-state index in [1.54, 1.807) is 12.1 Å². The number of benzene rings is 1. The van der Waals surface area contributed by atoms with Crippen molar-refractivity contribution >= 4 is 11.9 Å². The van der Waals surface area contributed by atoms with E-state index in [2.05, 4.69) is 0 Å². The average Bonchev–Trinajstić information content (AvgIpc) is 2.64. The van der Waals surface area contributed by atoms with Crippen LogP contribution in [0.2, 0.25) is 0 Å². The molecule has 0 amide bonds. The maximum absolute atomic E-state index is 12.0. The van der Waals surface area contributed by atoms with Crippen molar-refractivity contribution in [3.8, 4) is 5.75 Å². The number of carbonyl (C=O) groups is 2. The highest BCUT2D eigenvalue weighted by molar-refractivity contribution is 5.89. The van der Waals surface area contributed by atoms with Crippen LogP contribution in [0, 0.1) is 0 Å². The van der Waals surface area contributed by atoms with E-state index in [-0.39, 0.29) is 5.97 Å². The Bertz CT molecular complexity index is 586. The number of rotatable bonds is 15. The lowest BCUT2D eigenvalue weighted by molar-refractivity contribution is -0.137. The third-order valence-electron chi connectivity index (χ3n) is 4.54. The topological polar surface area (TPSA) is 72.8 Å². The van der Waals surface area contributed by atoms with Gasteiger partial charge in [0.05, 0.1) is 12.2 Å². The van der Waals surface area contributed by atoms with E-state index in [0.29, 0.717) is 18.6 Å². The third-order valence-corrected chi connectivity index (χ3v) is 4.54. The Labute approximate surface area is 175 Å². The highest BCUT2D eigenvalue weighted by atomic mass is 16.6. The van der Waals surface area contributed by atoms with Crippen LogP contribution >= 0.6 is 0 Å². The van der Waals surface area contributed by atoms with Gasteiger partial charge in [-0.1, -0.05) is 51.4 Å². The first-order valence-corrected chi connectivity index (χ1v) is 11.0. The largest absolute Gasteiger partial charge is 0.494 e. The molecule has 0 saturated heterocycles. The Morgan fingerprint density at radius 3 is 1.76 bits per heavy atom. The van der Waals surface area contributed by atoms with E-state index in [1.165, 1.54) is 32.1 Å². The predicted octanol–water partition coefficient (Wildman–Crippen LogP) is 6.40. The van der Waals surface area contributed by atoms with Crippen LogP contribution in [0.5, 0.6) is 5.75 Å². The van der Waals surface area contributed by atoms with Gasteiger partial charge in [0.25, 0.3) is 0 Å². The molecule has 0 unspecified atom stereocenters. The van der Waals surface area contributed by atoms with Crippen molar-refractivity contribution in [2.75, 3.05) is 6.61 Å². The molecule has 0 radical (unpaired) electrons. The van der Waals surface area contributed by atoms with Crippen molar-refractivity contribution in [3.63, 3.8) is 0 Å². The standard InChI is InChI=1S/C24H38O5/c1-24(2,3)29-23(27)20-15-17-21(18-16-20)28-19-13-11-9-7-5-4-6-8-10-12-14-22(25)26/h15-18H,4-14,19H2,1-3H3,(H,25,26). The SMILES string of the molecule is CC(C)(C)OC(=O)c1ccc(OCCCCCCCCCCCCC(=O)O)cc1. The lowest BCUT2D eigenvalue weighted by Crippen LogP contribution is -2.23. The van der Waals surface area contributed by atoms with Gasteiger partial charge in [0.2, 0.25) is 0 Å². The maximum atomic E-state index is 12.0. The van der Waals surface area contributed by atoms with E-state index in [9.17, 15) is 9.59 Å². The number of hydrogen-bond acceptors (Lipinski definition) is 4. The van der Waals surface area contributed by atoms with Crippen LogP contribution in [-0.4, -0.2) is 29.3 Å². The summed E-state index contributed by atoms with van der Waals surface area (Å²) in [7, 11) is 0. The van der Waals surface area contributed by atoms with E-state index >= 15 is 0 Å². The first kappa shape index (κ1) is 25.0. The lowest BCUT2D eigenvalue weighted by atomic mass is 10.1. The minimum Gasteiger partial charge on any atom is -0.494 e. The molecule has 1 N–H and O–H groups in total. The van der Waals surface area contributed by atoms with Crippen LogP contribution < -0.4 is 4.74 Å². The number of hydrogen-bond donors (Lipinski definition) is 1. The van der Waals surface area contributed by atoms with Gasteiger partial charge in [-0.15, -0.1) is 0 Å². The second-order valence-electron chi connectivity index (χ2n) is 8.55. The summed E-state index contributed by atoms with van der Waals surface area (Å²) in [5, 5.41) is 8.58. The highest BCUT2D eigenvalue weighted by Crippen LogP contribution is 2.17. The van der Waals surface area contributed by atoms with Gasteiger partial charge in [-0.2, -0.15) is 0 Å². The molecule has 0 atom stereocenters. The van der Waals surface area contributed by atoms with E-state index < -0.39 is 11.6 Å². The molecule has 5 nitrogen and oxygen atoms in total. The Kier molecular flexibility index (Phi) is 12.1. The van der Waals surface area contributed by atoms with Crippen LogP contribution in [-0.2, 0) is 9.53 Å². The summed E-state index contributed by atoms with van der Waals surface area (Å²) >= 11 is 0. The highest BCUT2D eigenvalue weighted by Gasteiger charge is 2.17. The van der Waals surface area contributed by atoms with Crippen molar-refractivity contribution in [2.45, 2.75) is 97.0 Å². The molecule has 1 rings (SSSR count). The van der Waals surface area contributed by atoms with Crippen LogP contribution in [0.15, 0.2) is 24.3 Å². The molecule has 29 heavy (non-hydrogen) atoms. The van der Waals surface area contributed by atoms with Gasteiger partial charge < -0.3 is 14.6 Å². The van der Waals surface area contributed by atoms with Gasteiger partial charge in [0.1, 0.15) is 11.4 Å². The van der Waals surface area contributed by atoms with Gasteiger partial charge in [-0.3, -0.25) is 4.79 Å². The van der Waals surface area contributed by atoms with Crippen LogP contribution in [0.3, 0.4) is 0 Å². The Hall–Kier alpha value is -2.04. The van der Waals surface area contributed by atoms with Crippen molar-refractivity contribution in [2.24, 2.45) is 0 Å². The first-order valence-electron chi connectivity index (χ1n) is 11.0. The lowest BCUT2D eigenvalue weighted by Gasteiger charge is -2.19. The number of carboxylic acids is 1. The summed E-state index contributed by atoms with van der Waals surface area (Å²) in [5.74, 6) is -0.226. The second-order valence-corrected chi connectivity index (χ2v) is 8.55. The molecule has 0 fully saturated rings. The Balaban J connectivity index is 2.00. The third kappa shape index (κ3) is 13.7. The van der Waals surface area contributed by atoms with Gasteiger partial charge in [0.15, 0.2) is 0 Å². The van der Waals surface area contributed by atoms with Crippen LogP contribution in [0.1, 0.15) is 102 Å². The monoisotopic (exact) mass is 406 g/mol. The number of esters is 1. The zero-order valence-electron chi connectivity index (χ0n) is 18.4. The fourth-order valence-electron chi connectivity index (χ4n) is 3.01. The molecular weight excluding hydrogens is 368 g/mol. The van der Waals surface area contributed by atoms with Crippen LogP contribution in [0.25, 0.3) is 0 Å². The van der Waals surface area contributed by atoms with Gasteiger partial charge in [-0.05, 0) is 57.9 Å². The van der Waals surface area contributed by atoms with Gasteiger partial charge >= 0.3 is 11.9 Å². The van der Waals surface area contributed by atoms with Crippen molar-refractivity contribution in [1.29, 1.82) is 0 Å². The van der Waals surface area contributed by atoms with Crippen molar-refractivity contribution < 1.29 is 24.2 Å². The molecule has 164 valence electrons. The maximum Gasteiger partial charge on any atom is 0.338 e. The molecular formula is C24H38O5. The molecule has 0 aliphatic heterocycles. The summed E-state index contributed by atoms with van der Waals surface area (Å²) in [4.78, 5) is 22.4. The number of aliphatic carboxylic acids is 1. The van der Waals surface area contributed by atoms with E-state index in [4.69, 9.17) is 14.6 Å². The number of carboxylic acid groups (broad SMARTS) is 1. The predicted molar refractivity (Wildman–Crippen MR) is 116 cm³/mol. The first-order chi connectivity index (χ1) is 13.8. The molecule has 1 aromatic carbocycles. The Morgan fingerprint density at radius 2 is 1.28 bits per heavy atom. The summed E-state index contributed by atoms with van der Waals surface area (Å²) in [6.07, 6.45) is 11.7. The molecule has 1 aromatic rings. The molecule has 0 heterocycles. The summed E-state index contributed by atoms with van der Waals surface area (Å²) in [6.45, 7) is 6.25. The summed E-state index contributed by atoms with van der Waals surface area (Å²) in [6, 6.07) is 7.11. The fraction of sp³-hybridized carbons (Fsp3) is 0.667. The molecule has 0 aromatic heterocycles. The number of ether oxygens (including phenoxy) is 2. The fourth-order valence-corrected chi connectivity index (χ4v) is 3.01. The smallest absolute Gasteiger partial charge is 0.338 e. The zero-order chi connectivity index (χ0) is 21.5. The molecule has 5 heteroatoms.